The number of amides is 2. The quantitative estimate of drug-likeness (QED) is 0.807. The lowest BCUT2D eigenvalue weighted by Crippen LogP contribution is -2.36. The van der Waals surface area contributed by atoms with Crippen LogP contribution in [-0.4, -0.2) is 37.4 Å². The molecule has 1 aliphatic carbocycles. The van der Waals surface area contributed by atoms with Gasteiger partial charge in [-0.25, -0.2) is 8.42 Å². The number of carbonyl (C=O) groups is 2. The van der Waals surface area contributed by atoms with Crippen molar-refractivity contribution in [1.29, 1.82) is 0 Å². The molecule has 2 heterocycles. The minimum Gasteiger partial charge on any atom is -0.332 e. The number of carbonyl (C=O) groups excluding carboxylic acids is 2. The number of hydrogen-bond acceptors (Lipinski definition) is 5. The highest BCUT2D eigenvalue weighted by Gasteiger charge is 2.37. The van der Waals surface area contributed by atoms with Crippen molar-refractivity contribution < 1.29 is 18.0 Å². The molecule has 3 aliphatic rings. The number of sulfone groups is 1. The molecule has 0 saturated carbocycles. The molecule has 2 amide bonds. The third-order valence-corrected chi connectivity index (χ3v) is 5.73. The van der Waals surface area contributed by atoms with Crippen LogP contribution in [0.1, 0.15) is 5.56 Å². The van der Waals surface area contributed by atoms with Crippen LogP contribution >= 0.6 is 0 Å². The van der Waals surface area contributed by atoms with Crippen LogP contribution in [0, 0.1) is 0 Å². The fraction of sp³-hybridized carbons (Fsp3) is 0.100. The lowest BCUT2D eigenvalue weighted by atomic mass is 9.96. The van der Waals surface area contributed by atoms with Crippen LogP contribution in [0.15, 0.2) is 83.1 Å². The molecule has 1 aromatic carbocycles. The van der Waals surface area contributed by atoms with Crippen LogP contribution < -0.4 is 5.32 Å². The number of fused-ring (bicyclic) bond motifs is 1. The number of allylic oxidation sites excluding steroid dienone is 4. The smallest absolute Gasteiger partial charge is 0.275 e. The molecule has 1 N–H and O–H groups in total. The summed E-state index contributed by atoms with van der Waals surface area (Å²) >= 11 is 0. The summed E-state index contributed by atoms with van der Waals surface area (Å²) in [7, 11) is -3.35. The highest BCUT2D eigenvalue weighted by atomic mass is 32.2. The summed E-state index contributed by atoms with van der Waals surface area (Å²) in [6.45, 7) is 0. The first-order chi connectivity index (χ1) is 12.9. The van der Waals surface area contributed by atoms with E-state index in [-0.39, 0.29) is 22.2 Å². The van der Waals surface area contributed by atoms with Crippen molar-refractivity contribution in [3.8, 4) is 0 Å². The van der Waals surface area contributed by atoms with E-state index >= 15 is 0 Å². The van der Waals surface area contributed by atoms with Gasteiger partial charge in [-0.15, -0.1) is 0 Å². The zero-order valence-corrected chi connectivity index (χ0v) is 15.2. The third kappa shape index (κ3) is 2.96. The molecule has 7 heteroatoms. The largest absolute Gasteiger partial charge is 0.332 e. The van der Waals surface area contributed by atoms with E-state index in [1.165, 1.54) is 12.1 Å². The number of benzene rings is 1. The van der Waals surface area contributed by atoms with Gasteiger partial charge in [-0.2, -0.15) is 0 Å². The first kappa shape index (κ1) is 17.2. The highest BCUT2D eigenvalue weighted by molar-refractivity contribution is 7.90. The Hall–Kier alpha value is -3.19. The average Bonchev–Trinajstić information content (AvgIpc) is 2.94. The second kappa shape index (κ2) is 6.21. The molecule has 1 atom stereocenters. The molecule has 2 aliphatic heterocycles. The Kier molecular flexibility index (Phi) is 3.96. The van der Waals surface area contributed by atoms with Gasteiger partial charge in [0.25, 0.3) is 11.8 Å². The summed E-state index contributed by atoms with van der Waals surface area (Å²) in [5.74, 6) is -0.974. The van der Waals surface area contributed by atoms with E-state index in [1.54, 1.807) is 23.2 Å². The molecule has 0 aromatic heterocycles. The van der Waals surface area contributed by atoms with Crippen molar-refractivity contribution in [2.45, 2.75) is 10.9 Å². The molecule has 1 unspecified atom stereocenters. The maximum atomic E-state index is 12.5. The fourth-order valence-corrected chi connectivity index (χ4v) is 3.97. The molecule has 0 bridgehead atoms. The SMILES string of the molecule is CS(=O)(=O)c1ccc(C2=C(N3C=CC=C4C=CC=CC43)C(=O)NC2=O)cc1. The monoisotopic (exact) mass is 380 g/mol. The van der Waals surface area contributed by atoms with Crippen molar-refractivity contribution in [2.24, 2.45) is 0 Å². The number of nitrogens with one attached hydrogen (secondary N) is 1. The zero-order valence-electron chi connectivity index (χ0n) is 14.4. The Bertz CT molecular complexity index is 1100. The average molecular weight is 380 g/mol. The molecule has 0 saturated heterocycles. The third-order valence-electron chi connectivity index (χ3n) is 4.61. The number of imide groups is 1. The number of nitrogens with zero attached hydrogens (tertiary/aromatic N) is 1. The number of rotatable bonds is 3. The van der Waals surface area contributed by atoms with E-state index in [9.17, 15) is 18.0 Å². The fourth-order valence-electron chi connectivity index (χ4n) is 3.34. The summed E-state index contributed by atoms with van der Waals surface area (Å²) in [4.78, 5) is 26.9. The first-order valence-electron chi connectivity index (χ1n) is 8.28. The maximum Gasteiger partial charge on any atom is 0.275 e. The predicted molar refractivity (Wildman–Crippen MR) is 101 cm³/mol. The van der Waals surface area contributed by atoms with Crippen molar-refractivity contribution in [1.82, 2.24) is 10.2 Å². The molecule has 6 nitrogen and oxygen atoms in total. The van der Waals surface area contributed by atoms with Crippen LogP contribution in [0.3, 0.4) is 0 Å². The highest BCUT2D eigenvalue weighted by Crippen LogP contribution is 2.33. The summed E-state index contributed by atoms with van der Waals surface area (Å²) in [6.07, 6.45) is 14.4. The molecule has 27 heavy (non-hydrogen) atoms. The van der Waals surface area contributed by atoms with Crippen LogP contribution in [0.5, 0.6) is 0 Å². The zero-order chi connectivity index (χ0) is 19.2. The molecule has 0 spiro atoms. The Morgan fingerprint density at radius 3 is 2.44 bits per heavy atom. The van der Waals surface area contributed by atoms with E-state index in [1.807, 2.05) is 36.5 Å². The summed E-state index contributed by atoms with van der Waals surface area (Å²) in [6, 6.07) is 5.78. The van der Waals surface area contributed by atoms with E-state index < -0.39 is 21.7 Å². The van der Waals surface area contributed by atoms with Crippen molar-refractivity contribution >= 4 is 27.2 Å². The Labute approximate surface area is 156 Å². The second-order valence-corrected chi connectivity index (χ2v) is 8.42. The van der Waals surface area contributed by atoms with Crippen molar-refractivity contribution in [3.63, 3.8) is 0 Å². The minimum absolute atomic E-state index is 0.154. The Morgan fingerprint density at radius 2 is 1.74 bits per heavy atom. The molecular weight excluding hydrogens is 364 g/mol. The van der Waals surface area contributed by atoms with Crippen LogP contribution in [-0.2, 0) is 19.4 Å². The van der Waals surface area contributed by atoms with Crippen molar-refractivity contribution in [3.05, 3.63) is 83.8 Å². The number of hydrogen-bond donors (Lipinski definition) is 1. The van der Waals surface area contributed by atoms with E-state index in [0.29, 0.717) is 5.56 Å². The van der Waals surface area contributed by atoms with Gasteiger partial charge < -0.3 is 4.90 Å². The van der Waals surface area contributed by atoms with Crippen LogP contribution in [0.25, 0.3) is 5.57 Å². The van der Waals surface area contributed by atoms with E-state index in [4.69, 9.17) is 0 Å². The lowest BCUT2D eigenvalue weighted by Gasteiger charge is -2.33. The second-order valence-electron chi connectivity index (χ2n) is 6.41. The van der Waals surface area contributed by atoms with Crippen LogP contribution in [0.4, 0.5) is 0 Å². The van der Waals surface area contributed by atoms with Gasteiger partial charge in [0.2, 0.25) is 0 Å². The van der Waals surface area contributed by atoms with Gasteiger partial charge in [-0.3, -0.25) is 14.9 Å². The molecule has 0 radical (unpaired) electrons. The molecular formula is C20H16N2O4S. The van der Waals surface area contributed by atoms with Gasteiger partial charge in [0, 0.05) is 12.5 Å². The summed E-state index contributed by atoms with van der Waals surface area (Å²) in [5.41, 5.74) is 1.97. The van der Waals surface area contributed by atoms with Gasteiger partial charge in [0.1, 0.15) is 5.70 Å². The van der Waals surface area contributed by atoms with Crippen LogP contribution in [0.2, 0.25) is 0 Å². The predicted octanol–water partition coefficient (Wildman–Crippen LogP) is 1.71. The van der Waals surface area contributed by atoms with Gasteiger partial charge >= 0.3 is 0 Å². The maximum absolute atomic E-state index is 12.5. The van der Waals surface area contributed by atoms with Gasteiger partial charge in [-0.1, -0.05) is 42.5 Å². The molecule has 0 fully saturated rings. The Morgan fingerprint density at radius 1 is 1.00 bits per heavy atom. The normalized spacial score (nSPS) is 21.4. The molecule has 1 aromatic rings. The van der Waals surface area contributed by atoms with E-state index in [2.05, 4.69) is 5.32 Å². The minimum atomic E-state index is -3.35. The Balaban J connectivity index is 1.82. The topological polar surface area (TPSA) is 83.6 Å². The summed E-state index contributed by atoms with van der Waals surface area (Å²) in [5, 5.41) is 2.35. The van der Waals surface area contributed by atoms with Gasteiger partial charge in [0.15, 0.2) is 9.84 Å². The molecule has 4 rings (SSSR count). The molecule has 136 valence electrons. The van der Waals surface area contributed by atoms with Gasteiger partial charge in [-0.05, 0) is 29.3 Å². The first-order valence-corrected chi connectivity index (χ1v) is 10.2. The van der Waals surface area contributed by atoms with Crippen molar-refractivity contribution in [2.75, 3.05) is 6.26 Å². The summed E-state index contributed by atoms with van der Waals surface area (Å²) < 4.78 is 23.3. The lowest BCUT2D eigenvalue weighted by molar-refractivity contribution is -0.124. The standard InChI is InChI=1S/C20H16N2O4S/c1-27(25,26)15-10-8-14(9-11-15)17-18(20(24)21-19(17)23)22-12-4-6-13-5-2-3-7-16(13)22/h2-12,16H,1H3,(H,21,23,24). The van der Waals surface area contributed by atoms with Gasteiger partial charge in [0.05, 0.1) is 16.5 Å². The van der Waals surface area contributed by atoms with E-state index in [0.717, 1.165) is 11.8 Å².